The predicted molar refractivity (Wildman–Crippen MR) is 80.4 cm³/mol. The fourth-order valence-corrected chi connectivity index (χ4v) is 2.60. The van der Waals surface area contributed by atoms with Crippen LogP contribution in [0.15, 0.2) is 54.7 Å². The Morgan fingerprint density at radius 3 is 2.47 bits per heavy atom. The summed E-state index contributed by atoms with van der Waals surface area (Å²) in [6.07, 6.45) is 2.10. The minimum atomic E-state index is -0.136. The van der Waals surface area contributed by atoms with Crippen molar-refractivity contribution in [3.63, 3.8) is 0 Å². The quantitative estimate of drug-likeness (QED) is 0.753. The van der Waals surface area contributed by atoms with E-state index in [1.54, 1.807) is 0 Å². The van der Waals surface area contributed by atoms with Crippen LogP contribution in [0, 0.1) is 0 Å². The first-order valence-electron chi connectivity index (χ1n) is 6.22. The third-order valence-corrected chi connectivity index (χ3v) is 3.74. The van der Waals surface area contributed by atoms with E-state index < -0.39 is 0 Å². The number of hydrogen-bond donors (Lipinski definition) is 1. The molecular weight excluding hydrogens is 256 g/mol. The van der Waals surface area contributed by atoms with Gasteiger partial charge in [0.25, 0.3) is 0 Å². The van der Waals surface area contributed by atoms with Crippen molar-refractivity contribution >= 4 is 22.5 Å². The molecule has 96 valence electrons. The summed E-state index contributed by atoms with van der Waals surface area (Å²) in [5, 5.41) is 1.93. The SMILES string of the molecule is Cn1cc(C(N)c2ccc(Cl)cc2)c2ccccc21. The second-order valence-corrected chi connectivity index (χ2v) is 5.18. The topological polar surface area (TPSA) is 30.9 Å². The lowest BCUT2D eigenvalue weighted by Gasteiger charge is -2.11. The summed E-state index contributed by atoms with van der Waals surface area (Å²) in [7, 11) is 2.04. The van der Waals surface area contributed by atoms with Gasteiger partial charge in [-0.05, 0) is 29.3 Å². The number of nitrogens with two attached hydrogens (primary N) is 1. The molecule has 0 saturated heterocycles. The molecule has 1 unspecified atom stereocenters. The predicted octanol–water partition coefficient (Wildman–Crippen LogP) is 3.88. The molecule has 1 aromatic heterocycles. The number of halogens is 1. The largest absolute Gasteiger partial charge is 0.350 e. The maximum Gasteiger partial charge on any atom is 0.0572 e. The number of aryl methyl sites for hydroxylation is 1. The van der Waals surface area contributed by atoms with E-state index in [9.17, 15) is 0 Å². The number of aromatic nitrogens is 1. The van der Waals surface area contributed by atoms with E-state index in [2.05, 4.69) is 22.9 Å². The van der Waals surface area contributed by atoms with Gasteiger partial charge in [-0.15, -0.1) is 0 Å². The summed E-state index contributed by atoms with van der Waals surface area (Å²) in [6, 6.07) is 15.9. The van der Waals surface area contributed by atoms with Crippen LogP contribution in [0.4, 0.5) is 0 Å². The highest BCUT2D eigenvalue weighted by Crippen LogP contribution is 2.29. The van der Waals surface area contributed by atoms with Gasteiger partial charge in [0.2, 0.25) is 0 Å². The first-order valence-corrected chi connectivity index (χ1v) is 6.59. The van der Waals surface area contributed by atoms with Crippen LogP contribution >= 0.6 is 11.6 Å². The third kappa shape index (κ3) is 2.14. The molecule has 1 heterocycles. The van der Waals surface area contributed by atoms with Gasteiger partial charge in [0.15, 0.2) is 0 Å². The van der Waals surface area contributed by atoms with Crippen molar-refractivity contribution in [2.75, 3.05) is 0 Å². The molecule has 0 fully saturated rings. The van der Waals surface area contributed by atoms with E-state index in [0.717, 1.165) is 16.1 Å². The molecule has 1 atom stereocenters. The summed E-state index contributed by atoms with van der Waals surface area (Å²) in [6.45, 7) is 0. The lowest BCUT2D eigenvalue weighted by molar-refractivity contribution is 0.861. The minimum Gasteiger partial charge on any atom is -0.350 e. The van der Waals surface area contributed by atoms with Gasteiger partial charge in [-0.3, -0.25) is 0 Å². The molecule has 0 spiro atoms. The fraction of sp³-hybridized carbons (Fsp3) is 0.125. The Hall–Kier alpha value is -1.77. The third-order valence-electron chi connectivity index (χ3n) is 3.49. The van der Waals surface area contributed by atoms with Crippen molar-refractivity contribution in [1.29, 1.82) is 0 Å². The molecule has 2 nitrogen and oxygen atoms in total. The van der Waals surface area contributed by atoms with Crippen LogP contribution < -0.4 is 5.73 Å². The van der Waals surface area contributed by atoms with Crippen LogP contribution in [-0.4, -0.2) is 4.57 Å². The average Bonchev–Trinajstić information content (AvgIpc) is 2.77. The molecule has 3 rings (SSSR count). The molecule has 0 bridgehead atoms. The smallest absolute Gasteiger partial charge is 0.0572 e. The van der Waals surface area contributed by atoms with Crippen LogP contribution in [0.5, 0.6) is 0 Å². The first kappa shape index (κ1) is 12.3. The van der Waals surface area contributed by atoms with E-state index in [0.29, 0.717) is 0 Å². The molecular formula is C16H15ClN2. The van der Waals surface area contributed by atoms with Crippen LogP contribution in [0.25, 0.3) is 10.9 Å². The lowest BCUT2D eigenvalue weighted by atomic mass is 9.99. The number of rotatable bonds is 2. The lowest BCUT2D eigenvalue weighted by Crippen LogP contribution is -2.11. The molecule has 0 radical (unpaired) electrons. The molecule has 3 heteroatoms. The average molecular weight is 271 g/mol. The molecule has 0 aliphatic carbocycles. The zero-order chi connectivity index (χ0) is 13.4. The number of hydrogen-bond acceptors (Lipinski definition) is 1. The number of benzene rings is 2. The number of fused-ring (bicyclic) bond motifs is 1. The maximum atomic E-state index is 6.39. The summed E-state index contributed by atoms with van der Waals surface area (Å²) in [5.74, 6) is 0. The zero-order valence-corrected chi connectivity index (χ0v) is 11.4. The van der Waals surface area contributed by atoms with Crippen LogP contribution in [0.2, 0.25) is 5.02 Å². The van der Waals surface area contributed by atoms with Gasteiger partial charge in [-0.2, -0.15) is 0 Å². The van der Waals surface area contributed by atoms with Crippen molar-refractivity contribution in [2.45, 2.75) is 6.04 Å². The van der Waals surface area contributed by atoms with Gasteiger partial charge in [-0.1, -0.05) is 41.9 Å². The first-order chi connectivity index (χ1) is 9.16. The zero-order valence-electron chi connectivity index (χ0n) is 10.7. The van der Waals surface area contributed by atoms with Gasteiger partial charge in [0, 0.05) is 29.2 Å². The Morgan fingerprint density at radius 2 is 1.74 bits per heavy atom. The molecule has 0 amide bonds. The molecule has 3 aromatic rings. The second-order valence-electron chi connectivity index (χ2n) is 4.74. The second kappa shape index (κ2) is 4.72. The highest BCUT2D eigenvalue weighted by atomic mass is 35.5. The van der Waals surface area contributed by atoms with Crippen molar-refractivity contribution < 1.29 is 0 Å². The summed E-state index contributed by atoms with van der Waals surface area (Å²) < 4.78 is 2.11. The van der Waals surface area contributed by atoms with Gasteiger partial charge in [0.1, 0.15) is 0 Å². The summed E-state index contributed by atoms with van der Waals surface area (Å²) >= 11 is 5.92. The minimum absolute atomic E-state index is 0.136. The van der Waals surface area contributed by atoms with Gasteiger partial charge in [-0.25, -0.2) is 0 Å². The highest BCUT2D eigenvalue weighted by molar-refractivity contribution is 6.30. The van der Waals surface area contributed by atoms with E-state index in [-0.39, 0.29) is 6.04 Å². The standard InChI is InChI=1S/C16H15ClN2/c1-19-10-14(13-4-2-3-5-15(13)19)16(18)11-6-8-12(17)9-7-11/h2-10,16H,18H2,1H3. The normalized spacial score (nSPS) is 12.8. The Bertz CT molecular complexity index is 713. The van der Waals surface area contributed by atoms with Crippen LogP contribution in [0.1, 0.15) is 17.2 Å². The van der Waals surface area contributed by atoms with Crippen molar-refractivity contribution in [3.8, 4) is 0 Å². The van der Waals surface area contributed by atoms with E-state index in [1.165, 1.54) is 10.9 Å². The van der Waals surface area contributed by atoms with Crippen molar-refractivity contribution in [2.24, 2.45) is 12.8 Å². The molecule has 0 aliphatic rings. The number of para-hydroxylation sites is 1. The van der Waals surface area contributed by atoms with Crippen LogP contribution in [0.3, 0.4) is 0 Å². The Kier molecular flexibility index (Phi) is 3.05. The monoisotopic (exact) mass is 270 g/mol. The Morgan fingerprint density at radius 1 is 1.05 bits per heavy atom. The summed E-state index contributed by atoms with van der Waals surface area (Å²) in [4.78, 5) is 0. The van der Waals surface area contributed by atoms with E-state index in [4.69, 9.17) is 17.3 Å². The Labute approximate surface area is 117 Å². The fourth-order valence-electron chi connectivity index (χ4n) is 2.47. The van der Waals surface area contributed by atoms with E-state index in [1.807, 2.05) is 43.4 Å². The maximum absolute atomic E-state index is 6.39. The highest BCUT2D eigenvalue weighted by Gasteiger charge is 2.14. The molecule has 0 saturated carbocycles. The Balaban J connectivity index is 2.11. The molecule has 19 heavy (non-hydrogen) atoms. The van der Waals surface area contributed by atoms with Gasteiger partial charge in [0.05, 0.1) is 6.04 Å². The van der Waals surface area contributed by atoms with Gasteiger partial charge < -0.3 is 10.3 Å². The van der Waals surface area contributed by atoms with Crippen molar-refractivity contribution in [1.82, 2.24) is 4.57 Å². The van der Waals surface area contributed by atoms with Crippen LogP contribution in [-0.2, 0) is 7.05 Å². The van der Waals surface area contributed by atoms with E-state index >= 15 is 0 Å². The van der Waals surface area contributed by atoms with Gasteiger partial charge >= 0.3 is 0 Å². The molecule has 2 aromatic carbocycles. The van der Waals surface area contributed by atoms with Crippen molar-refractivity contribution in [3.05, 3.63) is 70.9 Å². The summed E-state index contributed by atoms with van der Waals surface area (Å²) in [5.41, 5.74) is 9.80. The number of nitrogens with zero attached hydrogens (tertiary/aromatic N) is 1. The molecule has 2 N–H and O–H groups in total. The molecule has 0 aliphatic heterocycles.